The number of nitrogens with one attached hydrogen (secondary N) is 1. The van der Waals surface area contributed by atoms with Crippen molar-refractivity contribution >= 4 is 29.1 Å². The Labute approximate surface area is 164 Å². The summed E-state index contributed by atoms with van der Waals surface area (Å²) in [5.74, 6) is 0.333. The van der Waals surface area contributed by atoms with Crippen molar-refractivity contribution < 1.29 is 19.1 Å². The number of rotatable bonds is 5. The highest BCUT2D eigenvalue weighted by molar-refractivity contribution is 6.24. The first kappa shape index (κ1) is 18.7. The maximum Gasteiger partial charge on any atom is 0.312 e. The quantitative estimate of drug-likeness (QED) is 0.465. The van der Waals surface area contributed by atoms with Crippen LogP contribution < -0.4 is 0 Å². The van der Waals surface area contributed by atoms with E-state index in [-0.39, 0.29) is 29.0 Å². The summed E-state index contributed by atoms with van der Waals surface area (Å²) in [5, 5.41) is 0. The second kappa shape index (κ2) is 6.20. The highest BCUT2D eigenvalue weighted by atomic mass is 35.5. The molecular weight excluding hydrogens is 366 g/mol. The normalized spacial score (nSPS) is 33.9. The Hall–Kier alpha value is -1.62. The largest absolute Gasteiger partial charge is 0.457 e. The van der Waals surface area contributed by atoms with Gasteiger partial charge in [0.2, 0.25) is 5.78 Å². The zero-order valence-corrected chi connectivity index (χ0v) is 16.9. The Morgan fingerprint density at radius 3 is 2.30 bits per heavy atom. The Morgan fingerprint density at radius 1 is 1.15 bits per heavy atom. The number of aromatic nitrogens is 1. The van der Waals surface area contributed by atoms with Gasteiger partial charge in [0.05, 0.1) is 11.1 Å². The minimum Gasteiger partial charge on any atom is -0.457 e. The lowest BCUT2D eigenvalue weighted by atomic mass is 9.49. The first-order chi connectivity index (χ1) is 12.6. The van der Waals surface area contributed by atoms with E-state index >= 15 is 0 Å². The number of hydrogen-bond donors (Lipinski definition) is 1. The number of H-pyrrole nitrogens is 1. The molecule has 1 N–H and O–H groups in total. The van der Waals surface area contributed by atoms with Gasteiger partial charge >= 0.3 is 5.97 Å². The molecule has 0 spiro atoms. The molecule has 0 radical (unpaired) electrons. The summed E-state index contributed by atoms with van der Waals surface area (Å²) in [6, 6.07) is 0. The van der Waals surface area contributed by atoms with Gasteiger partial charge < -0.3 is 9.72 Å². The van der Waals surface area contributed by atoms with Crippen LogP contribution in [0.4, 0.5) is 0 Å². The molecule has 0 amide bonds. The Morgan fingerprint density at radius 2 is 1.78 bits per heavy atom. The van der Waals surface area contributed by atoms with Gasteiger partial charge in [0.1, 0.15) is 0 Å². The highest BCUT2D eigenvalue weighted by Crippen LogP contribution is 2.64. The standard InChI is InChI=1S/C21H26ClNO4/c1-11-17(13(3)24)12(2)23-18(11)16(25)9-27-19(26)20-5-14-4-15(6-20)8-21(22,7-14)10-20/h14-15,23H,4-10H2,1-3H3/t14-,15+,20?,21?. The molecule has 1 aromatic heterocycles. The number of ether oxygens (including phenoxy) is 1. The van der Waals surface area contributed by atoms with Crippen molar-refractivity contribution in [2.45, 2.75) is 64.2 Å². The molecule has 4 fully saturated rings. The lowest BCUT2D eigenvalue weighted by molar-refractivity contribution is -0.168. The molecule has 6 heteroatoms. The molecule has 0 saturated heterocycles. The predicted molar refractivity (Wildman–Crippen MR) is 101 cm³/mol. The van der Waals surface area contributed by atoms with Crippen molar-refractivity contribution in [3.63, 3.8) is 0 Å². The maximum absolute atomic E-state index is 12.9. The summed E-state index contributed by atoms with van der Waals surface area (Å²) < 4.78 is 5.50. The van der Waals surface area contributed by atoms with E-state index in [0.29, 0.717) is 40.8 Å². The zero-order chi connectivity index (χ0) is 19.6. The van der Waals surface area contributed by atoms with Gasteiger partial charge in [-0.25, -0.2) is 0 Å². The molecule has 0 aliphatic heterocycles. The first-order valence-electron chi connectivity index (χ1n) is 9.72. The molecule has 5 nitrogen and oxygen atoms in total. The van der Waals surface area contributed by atoms with Crippen LogP contribution in [0.25, 0.3) is 0 Å². The zero-order valence-electron chi connectivity index (χ0n) is 16.1. The molecule has 4 atom stereocenters. The van der Waals surface area contributed by atoms with E-state index in [1.165, 1.54) is 6.92 Å². The number of alkyl halides is 1. The van der Waals surface area contributed by atoms with E-state index in [9.17, 15) is 14.4 Å². The van der Waals surface area contributed by atoms with Crippen molar-refractivity contribution in [1.29, 1.82) is 0 Å². The summed E-state index contributed by atoms with van der Waals surface area (Å²) in [6.45, 7) is 4.68. The number of carbonyl (C=O) groups excluding carboxylic acids is 3. The van der Waals surface area contributed by atoms with Gasteiger partial charge in [-0.2, -0.15) is 0 Å². The number of aromatic amines is 1. The third kappa shape index (κ3) is 3.04. The van der Waals surface area contributed by atoms with E-state index in [1.54, 1.807) is 13.8 Å². The topological polar surface area (TPSA) is 76.2 Å². The predicted octanol–water partition coefficient (Wildman–Crippen LogP) is 4.14. The maximum atomic E-state index is 12.9. The number of carbonyl (C=O) groups is 3. The fourth-order valence-corrected chi connectivity index (χ4v) is 7.00. The SMILES string of the molecule is CC(=O)c1c(C)[nH]c(C(=O)COC(=O)C23C[C@@H]4C[C@@H](CC(Cl)(C4)C2)C3)c1C. The number of halogens is 1. The van der Waals surface area contributed by atoms with Crippen LogP contribution in [-0.4, -0.2) is 34.0 Å². The smallest absolute Gasteiger partial charge is 0.312 e. The van der Waals surface area contributed by atoms with Crippen molar-refractivity contribution in [2.24, 2.45) is 17.3 Å². The molecule has 0 aromatic carbocycles. The second-order valence-corrected chi connectivity index (χ2v) is 9.87. The lowest BCUT2D eigenvalue weighted by Gasteiger charge is -2.58. The fourth-order valence-electron chi connectivity index (χ4n) is 6.30. The third-order valence-corrected chi connectivity index (χ3v) is 7.27. The number of ketones is 2. The minimum atomic E-state index is -0.517. The lowest BCUT2D eigenvalue weighted by Crippen LogP contribution is -2.56. The van der Waals surface area contributed by atoms with Crippen LogP contribution in [0.1, 0.15) is 77.6 Å². The van der Waals surface area contributed by atoms with Crippen LogP contribution in [0.2, 0.25) is 0 Å². The molecule has 4 aliphatic rings. The van der Waals surface area contributed by atoms with Gasteiger partial charge in [0.15, 0.2) is 12.4 Å². The van der Waals surface area contributed by atoms with Crippen LogP contribution in [0.15, 0.2) is 0 Å². The van der Waals surface area contributed by atoms with Crippen molar-refractivity contribution in [1.82, 2.24) is 4.98 Å². The molecule has 4 bridgehead atoms. The second-order valence-electron chi connectivity index (χ2n) is 9.07. The molecule has 4 aliphatic carbocycles. The summed E-state index contributed by atoms with van der Waals surface area (Å²) >= 11 is 6.78. The Bertz CT molecular complexity index is 825. The molecule has 1 heterocycles. The van der Waals surface area contributed by atoms with Gasteiger partial charge in [-0.1, -0.05) is 0 Å². The molecule has 2 unspecified atom stereocenters. The van der Waals surface area contributed by atoms with Crippen LogP contribution in [0.5, 0.6) is 0 Å². The molecular formula is C21H26ClNO4. The third-order valence-electron chi connectivity index (χ3n) is 6.83. The summed E-state index contributed by atoms with van der Waals surface area (Å²) in [5.41, 5.74) is 1.66. The molecule has 27 heavy (non-hydrogen) atoms. The van der Waals surface area contributed by atoms with Crippen LogP contribution in [0.3, 0.4) is 0 Å². The molecule has 146 valence electrons. The van der Waals surface area contributed by atoms with E-state index in [4.69, 9.17) is 16.3 Å². The number of aryl methyl sites for hydroxylation is 1. The molecule has 4 saturated carbocycles. The van der Waals surface area contributed by atoms with Gasteiger partial charge in [0.25, 0.3) is 0 Å². The highest BCUT2D eigenvalue weighted by Gasteiger charge is 2.60. The van der Waals surface area contributed by atoms with Crippen LogP contribution in [-0.2, 0) is 9.53 Å². The summed E-state index contributed by atoms with van der Waals surface area (Å²) in [7, 11) is 0. The molecule has 5 rings (SSSR count). The van der Waals surface area contributed by atoms with E-state index in [1.807, 2.05) is 0 Å². The summed E-state index contributed by atoms with van der Waals surface area (Å²) in [4.78, 5) is 40.0. The van der Waals surface area contributed by atoms with Crippen LogP contribution >= 0.6 is 11.6 Å². The van der Waals surface area contributed by atoms with E-state index < -0.39 is 5.41 Å². The van der Waals surface area contributed by atoms with Gasteiger partial charge in [0, 0.05) is 16.1 Å². The van der Waals surface area contributed by atoms with Gasteiger partial charge in [-0.05, 0) is 76.7 Å². The van der Waals surface area contributed by atoms with E-state index in [0.717, 1.165) is 32.1 Å². The van der Waals surface area contributed by atoms with Gasteiger partial charge in [-0.3, -0.25) is 14.4 Å². The number of esters is 1. The average Bonchev–Trinajstić information content (AvgIpc) is 2.84. The van der Waals surface area contributed by atoms with Gasteiger partial charge in [-0.15, -0.1) is 11.6 Å². The molecule has 1 aromatic rings. The Kier molecular flexibility index (Phi) is 4.30. The first-order valence-corrected chi connectivity index (χ1v) is 10.1. The monoisotopic (exact) mass is 391 g/mol. The van der Waals surface area contributed by atoms with Crippen molar-refractivity contribution in [3.8, 4) is 0 Å². The Balaban J connectivity index is 1.47. The number of Topliss-reactive ketones (excluding diaryl/α,β-unsaturated/α-hetero) is 2. The van der Waals surface area contributed by atoms with Crippen molar-refractivity contribution in [3.05, 3.63) is 22.5 Å². The summed E-state index contributed by atoms with van der Waals surface area (Å²) in [6.07, 6.45) is 5.48. The minimum absolute atomic E-state index is 0.0849. The number of hydrogen-bond acceptors (Lipinski definition) is 4. The van der Waals surface area contributed by atoms with Crippen molar-refractivity contribution in [2.75, 3.05) is 6.61 Å². The van der Waals surface area contributed by atoms with Crippen LogP contribution in [0, 0.1) is 31.1 Å². The fraction of sp³-hybridized carbons (Fsp3) is 0.667. The van der Waals surface area contributed by atoms with E-state index in [2.05, 4.69) is 4.98 Å². The average molecular weight is 392 g/mol.